The summed E-state index contributed by atoms with van der Waals surface area (Å²) in [6.07, 6.45) is 2.04. The van der Waals surface area contributed by atoms with Gasteiger partial charge in [-0.05, 0) is 40.7 Å². The first-order valence-electron chi connectivity index (χ1n) is 8.06. The van der Waals surface area contributed by atoms with Crippen molar-refractivity contribution >= 4 is 29.1 Å². The van der Waals surface area contributed by atoms with Gasteiger partial charge in [0, 0.05) is 12.5 Å². The van der Waals surface area contributed by atoms with Crippen LogP contribution in [-0.2, 0) is 4.79 Å². The highest BCUT2D eigenvalue weighted by Crippen LogP contribution is 2.54. The molecule has 3 N–H and O–H groups in total. The zero-order chi connectivity index (χ0) is 15.7. The molecule has 0 aliphatic heterocycles. The molecule has 0 aromatic heterocycles. The van der Waals surface area contributed by atoms with E-state index < -0.39 is 0 Å². The smallest absolute Gasteiger partial charge is 0.224 e. The highest BCUT2D eigenvalue weighted by Gasteiger charge is 2.53. The summed E-state index contributed by atoms with van der Waals surface area (Å²) in [4.78, 5) is 12.4. The molecule has 3 nitrogen and oxygen atoms in total. The zero-order valence-corrected chi connectivity index (χ0v) is 14.5. The van der Waals surface area contributed by atoms with Gasteiger partial charge in [-0.1, -0.05) is 50.2 Å². The van der Waals surface area contributed by atoms with Crippen molar-refractivity contribution in [3.05, 3.63) is 48.0 Å². The van der Waals surface area contributed by atoms with Gasteiger partial charge in [-0.3, -0.25) is 4.79 Å². The van der Waals surface area contributed by atoms with Gasteiger partial charge in [-0.15, -0.1) is 12.4 Å². The predicted octanol–water partition coefficient (Wildman–Crippen LogP) is 3.81. The third kappa shape index (κ3) is 3.51. The molecule has 1 aliphatic carbocycles. The van der Waals surface area contributed by atoms with Crippen LogP contribution < -0.4 is 11.1 Å². The van der Waals surface area contributed by atoms with Crippen molar-refractivity contribution in [2.75, 3.05) is 6.54 Å². The van der Waals surface area contributed by atoms with Gasteiger partial charge in [-0.25, -0.2) is 0 Å². The maximum Gasteiger partial charge on any atom is 0.224 e. The molecule has 1 saturated carbocycles. The number of benzene rings is 2. The lowest BCUT2D eigenvalue weighted by molar-refractivity contribution is -0.123. The molecule has 0 bridgehead atoms. The third-order valence-corrected chi connectivity index (χ3v) is 5.20. The summed E-state index contributed by atoms with van der Waals surface area (Å²) in [6, 6.07) is 14.4. The predicted molar refractivity (Wildman–Crippen MR) is 97.6 cm³/mol. The molecule has 1 amide bonds. The SMILES string of the molecule is CCC1(C)CC1C(=O)NC(CN)c1ccc2ccccc2c1.Cl. The second-order valence-electron chi connectivity index (χ2n) is 6.67. The molecule has 1 fully saturated rings. The Labute approximate surface area is 144 Å². The molecule has 23 heavy (non-hydrogen) atoms. The number of halogens is 1. The highest BCUT2D eigenvalue weighted by molar-refractivity contribution is 5.85. The maximum atomic E-state index is 12.4. The number of carbonyl (C=O) groups excluding carboxylic acids is 1. The van der Waals surface area contributed by atoms with E-state index in [9.17, 15) is 4.79 Å². The van der Waals surface area contributed by atoms with Crippen LogP contribution in [0.5, 0.6) is 0 Å². The summed E-state index contributed by atoms with van der Waals surface area (Å²) < 4.78 is 0. The van der Waals surface area contributed by atoms with E-state index in [4.69, 9.17) is 5.73 Å². The summed E-state index contributed by atoms with van der Waals surface area (Å²) in [6.45, 7) is 4.75. The summed E-state index contributed by atoms with van der Waals surface area (Å²) in [5.41, 5.74) is 7.17. The Balaban J connectivity index is 0.00000192. The van der Waals surface area contributed by atoms with Crippen molar-refractivity contribution in [3.8, 4) is 0 Å². The number of nitrogens with one attached hydrogen (secondary N) is 1. The van der Waals surface area contributed by atoms with Crippen LogP contribution >= 0.6 is 12.4 Å². The topological polar surface area (TPSA) is 55.1 Å². The lowest BCUT2D eigenvalue weighted by atomic mass is 10.0. The Kier molecular flexibility index (Phi) is 5.33. The summed E-state index contributed by atoms with van der Waals surface area (Å²) in [7, 11) is 0. The van der Waals surface area contributed by atoms with E-state index in [0.29, 0.717) is 6.54 Å². The Morgan fingerprint density at radius 1 is 1.30 bits per heavy atom. The first kappa shape index (κ1) is 17.8. The van der Waals surface area contributed by atoms with Crippen molar-refractivity contribution in [2.45, 2.75) is 32.7 Å². The fourth-order valence-corrected chi connectivity index (χ4v) is 3.18. The molecule has 3 atom stereocenters. The number of rotatable bonds is 5. The molecular weight excluding hydrogens is 308 g/mol. The van der Waals surface area contributed by atoms with Gasteiger partial charge in [0.2, 0.25) is 5.91 Å². The van der Waals surface area contributed by atoms with E-state index in [2.05, 4.69) is 49.5 Å². The second kappa shape index (κ2) is 6.90. The number of nitrogens with two attached hydrogens (primary N) is 1. The van der Waals surface area contributed by atoms with Crippen LogP contribution in [0.4, 0.5) is 0 Å². The van der Waals surface area contributed by atoms with Crippen LogP contribution in [0.1, 0.15) is 38.3 Å². The van der Waals surface area contributed by atoms with E-state index >= 15 is 0 Å². The minimum atomic E-state index is -0.112. The molecule has 3 rings (SSSR count). The fourth-order valence-electron chi connectivity index (χ4n) is 3.18. The van der Waals surface area contributed by atoms with Gasteiger partial charge in [-0.2, -0.15) is 0 Å². The lowest BCUT2D eigenvalue weighted by Gasteiger charge is -2.19. The standard InChI is InChI=1S/C19H24N2O.ClH/c1-3-19(2)11-16(19)18(22)21-17(12-20)15-9-8-13-6-4-5-7-14(13)10-15;/h4-10,16-17H,3,11-12,20H2,1-2H3,(H,21,22);1H. The minimum absolute atomic E-state index is 0. The number of carbonyl (C=O) groups is 1. The molecular formula is C19H25ClN2O. The fraction of sp³-hybridized carbons (Fsp3) is 0.421. The van der Waals surface area contributed by atoms with Crippen LogP contribution in [0.3, 0.4) is 0 Å². The summed E-state index contributed by atoms with van der Waals surface area (Å²) in [5, 5.41) is 5.52. The van der Waals surface area contributed by atoms with Crippen LogP contribution in [0, 0.1) is 11.3 Å². The summed E-state index contributed by atoms with van der Waals surface area (Å²) >= 11 is 0. The molecule has 2 aromatic rings. The van der Waals surface area contributed by atoms with E-state index in [1.807, 2.05) is 12.1 Å². The molecule has 124 valence electrons. The van der Waals surface area contributed by atoms with E-state index in [1.165, 1.54) is 10.8 Å². The third-order valence-electron chi connectivity index (χ3n) is 5.20. The molecule has 0 spiro atoms. The first-order chi connectivity index (χ1) is 10.6. The second-order valence-corrected chi connectivity index (χ2v) is 6.67. The van der Waals surface area contributed by atoms with Crippen LogP contribution in [0.25, 0.3) is 10.8 Å². The monoisotopic (exact) mass is 332 g/mol. The quantitative estimate of drug-likeness (QED) is 0.874. The van der Waals surface area contributed by atoms with Gasteiger partial charge in [0.15, 0.2) is 0 Å². The van der Waals surface area contributed by atoms with Crippen molar-refractivity contribution in [2.24, 2.45) is 17.1 Å². The van der Waals surface area contributed by atoms with E-state index in [0.717, 1.165) is 18.4 Å². The van der Waals surface area contributed by atoms with E-state index in [1.54, 1.807) is 0 Å². The van der Waals surface area contributed by atoms with Crippen molar-refractivity contribution in [1.82, 2.24) is 5.32 Å². The van der Waals surface area contributed by atoms with Crippen LogP contribution in [-0.4, -0.2) is 12.5 Å². The van der Waals surface area contributed by atoms with Gasteiger partial charge in [0.05, 0.1) is 6.04 Å². The van der Waals surface area contributed by atoms with Crippen molar-refractivity contribution < 1.29 is 4.79 Å². The lowest BCUT2D eigenvalue weighted by Crippen LogP contribution is -2.35. The van der Waals surface area contributed by atoms with Crippen molar-refractivity contribution in [3.63, 3.8) is 0 Å². The molecule has 1 aliphatic rings. The van der Waals surface area contributed by atoms with Crippen LogP contribution in [0.15, 0.2) is 42.5 Å². The Morgan fingerprint density at radius 3 is 2.61 bits per heavy atom. The zero-order valence-electron chi connectivity index (χ0n) is 13.7. The number of fused-ring (bicyclic) bond motifs is 1. The average Bonchev–Trinajstić information content (AvgIpc) is 3.25. The Morgan fingerprint density at radius 2 is 2.00 bits per heavy atom. The van der Waals surface area contributed by atoms with Gasteiger partial charge >= 0.3 is 0 Å². The number of hydrogen-bond acceptors (Lipinski definition) is 2. The Hall–Kier alpha value is -1.58. The van der Waals surface area contributed by atoms with Gasteiger partial charge in [0.1, 0.15) is 0 Å². The molecule has 0 heterocycles. The maximum absolute atomic E-state index is 12.4. The molecule has 2 aromatic carbocycles. The average molecular weight is 333 g/mol. The van der Waals surface area contributed by atoms with Crippen LogP contribution in [0.2, 0.25) is 0 Å². The van der Waals surface area contributed by atoms with Gasteiger partial charge < -0.3 is 11.1 Å². The molecule has 3 unspecified atom stereocenters. The Bertz CT molecular complexity index is 703. The normalized spacial score (nSPS) is 23.9. The first-order valence-corrected chi connectivity index (χ1v) is 8.06. The molecule has 0 radical (unpaired) electrons. The largest absolute Gasteiger partial charge is 0.348 e. The number of amides is 1. The summed E-state index contributed by atoms with van der Waals surface area (Å²) in [5.74, 6) is 0.292. The van der Waals surface area contributed by atoms with Crippen molar-refractivity contribution in [1.29, 1.82) is 0 Å². The number of hydrogen-bond donors (Lipinski definition) is 2. The van der Waals surface area contributed by atoms with E-state index in [-0.39, 0.29) is 35.7 Å². The minimum Gasteiger partial charge on any atom is -0.348 e. The molecule has 0 saturated heterocycles. The molecule has 4 heteroatoms. The highest BCUT2D eigenvalue weighted by atomic mass is 35.5. The van der Waals surface area contributed by atoms with Gasteiger partial charge in [0.25, 0.3) is 0 Å².